The van der Waals surface area contributed by atoms with E-state index < -0.39 is 30.5 Å². The maximum atomic E-state index is 11.6. The topological polar surface area (TPSA) is 165 Å². The van der Waals surface area contributed by atoms with Gasteiger partial charge in [0, 0.05) is 15.8 Å². The molecular weight excluding hydrogens is 579 g/mol. The van der Waals surface area contributed by atoms with Crippen LogP contribution in [-0.2, 0) is 15.9 Å². The Balaban J connectivity index is 0.000000652. The average molecular weight is 617 g/mol. The van der Waals surface area contributed by atoms with Crippen LogP contribution in [0.5, 0.6) is 0 Å². The minimum atomic E-state index is -1.12. The van der Waals surface area contributed by atoms with Crippen LogP contribution in [0.3, 0.4) is 0 Å². The zero-order chi connectivity index (χ0) is 31.1. The predicted molar refractivity (Wildman–Crippen MR) is 160 cm³/mol. The molecule has 2 aromatic rings. The van der Waals surface area contributed by atoms with E-state index in [0.717, 1.165) is 12.0 Å². The monoisotopic (exact) mass is 616 g/mol. The minimum absolute atomic E-state index is 0.417. The van der Waals surface area contributed by atoms with Crippen molar-refractivity contribution in [1.82, 2.24) is 0 Å². The molecule has 0 fully saturated rings. The van der Waals surface area contributed by atoms with E-state index >= 15 is 0 Å². The fourth-order valence-corrected chi connectivity index (χ4v) is 2.93. The maximum absolute atomic E-state index is 11.6. The second-order valence-electron chi connectivity index (χ2n) is 10.3. The van der Waals surface area contributed by atoms with Crippen molar-refractivity contribution in [1.29, 1.82) is 10.5 Å². The Labute approximate surface area is 245 Å². The number of hydrogen-bond donors (Lipinski definition) is 4. The molecule has 2 amide bonds. The lowest BCUT2D eigenvalue weighted by molar-refractivity contribution is 0.0624. The summed E-state index contributed by atoms with van der Waals surface area (Å²) in [6.07, 6.45) is 0.148. The van der Waals surface area contributed by atoms with Gasteiger partial charge in [0.25, 0.3) is 0 Å². The van der Waals surface area contributed by atoms with Crippen molar-refractivity contribution in [2.45, 2.75) is 79.3 Å². The first-order chi connectivity index (χ1) is 18.4. The fourth-order valence-electron chi connectivity index (χ4n) is 2.60. The zero-order valence-electron chi connectivity index (χ0n) is 24.3. The Morgan fingerprint density at radius 3 is 1.60 bits per heavy atom. The van der Waals surface area contributed by atoms with Crippen molar-refractivity contribution < 1.29 is 29.1 Å². The molecule has 0 spiro atoms. The maximum Gasteiger partial charge on any atom is 0.451 e. The standard InChI is InChI=1S/C14H18N2O2.C12H13BrN2O2.C2H7BO2/c1-5-10-6-7-12(8-11(10)9-15)16-13(17)18-14(2,3)4;1-12(2,3)17-11(16)15-9-4-5-10(13)8(6-9)7-14;1-2-3(4)5/h6-8H,5H2,1-4H3,(H,16,17);4-6H,1-3H3,(H,15,16);4-5H,2H2,1H3. The highest BCUT2D eigenvalue weighted by Gasteiger charge is 2.17. The highest BCUT2D eigenvalue weighted by molar-refractivity contribution is 9.10. The minimum Gasteiger partial charge on any atom is -0.444 e. The van der Waals surface area contributed by atoms with Gasteiger partial charge in [0.15, 0.2) is 0 Å². The van der Waals surface area contributed by atoms with E-state index in [1.165, 1.54) is 0 Å². The van der Waals surface area contributed by atoms with Gasteiger partial charge in [-0.2, -0.15) is 10.5 Å². The predicted octanol–water partition coefficient (Wildman–Crippen LogP) is 6.61. The molecule has 10 nitrogen and oxygen atoms in total. The van der Waals surface area contributed by atoms with E-state index in [0.29, 0.717) is 33.3 Å². The Bertz CT molecular complexity index is 1210. The van der Waals surface area contributed by atoms with E-state index in [-0.39, 0.29) is 0 Å². The summed E-state index contributed by atoms with van der Waals surface area (Å²) in [4.78, 5) is 23.1. The van der Waals surface area contributed by atoms with Crippen molar-refractivity contribution in [3.05, 3.63) is 57.6 Å². The molecule has 0 saturated carbocycles. The van der Waals surface area contributed by atoms with Crippen molar-refractivity contribution in [2.75, 3.05) is 10.6 Å². The first-order valence-corrected chi connectivity index (χ1v) is 13.3. The van der Waals surface area contributed by atoms with Crippen LogP contribution in [0.4, 0.5) is 21.0 Å². The molecule has 4 N–H and O–H groups in total. The van der Waals surface area contributed by atoms with Crippen LogP contribution in [0.25, 0.3) is 0 Å². The summed E-state index contributed by atoms with van der Waals surface area (Å²) in [5.74, 6) is 0. The summed E-state index contributed by atoms with van der Waals surface area (Å²) in [5, 5.41) is 38.9. The Morgan fingerprint density at radius 1 is 0.850 bits per heavy atom. The van der Waals surface area contributed by atoms with Crippen LogP contribution in [0.2, 0.25) is 6.32 Å². The Hall–Kier alpha value is -3.58. The van der Waals surface area contributed by atoms with Crippen LogP contribution >= 0.6 is 15.9 Å². The molecule has 12 heteroatoms. The van der Waals surface area contributed by atoms with Gasteiger partial charge < -0.3 is 19.5 Å². The lowest BCUT2D eigenvalue weighted by Crippen LogP contribution is -2.27. The Morgan fingerprint density at radius 2 is 1.25 bits per heavy atom. The molecule has 0 aliphatic heterocycles. The van der Waals surface area contributed by atoms with Gasteiger partial charge in [-0.25, -0.2) is 9.59 Å². The van der Waals surface area contributed by atoms with Crippen LogP contribution < -0.4 is 10.6 Å². The summed E-state index contributed by atoms with van der Waals surface area (Å²) < 4.78 is 10.9. The molecule has 216 valence electrons. The van der Waals surface area contributed by atoms with Gasteiger partial charge in [-0.1, -0.05) is 19.9 Å². The lowest BCUT2D eigenvalue weighted by atomic mass is 9.88. The van der Waals surface area contributed by atoms with Crippen LogP contribution in [0, 0.1) is 22.7 Å². The summed E-state index contributed by atoms with van der Waals surface area (Å²) in [6.45, 7) is 14.4. The number of rotatable bonds is 4. The number of ether oxygens (including phenoxy) is 2. The number of anilines is 2. The number of aryl methyl sites for hydroxylation is 1. The van der Waals surface area contributed by atoms with Crippen molar-refractivity contribution in [3.63, 3.8) is 0 Å². The van der Waals surface area contributed by atoms with E-state index in [1.54, 1.807) is 78.8 Å². The molecule has 0 aromatic heterocycles. The molecule has 0 bridgehead atoms. The normalized spacial score (nSPS) is 10.2. The van der Waals surface area contributed by atoms with E-state index in [2.05, 4.69) is 32.6 Å². The van der Waals surface area contributed by atoms with Gasteiger partial charge >= 0.3 is 19.3 Å². The third-order valence-corrected chi connectivity index (χ3v) is 5.05. The first kappa shape index (κ1) is 36.4. The summed E-state index contributed by atoms with van der Waals surface area (Å²) >= 11 is 3.24. The molecule has 0 aliphatic rings. The average Bonchev–Trinajstić information content (AvgIpc) is 2.83. The summed E-state index contributed by atoms with van der Waals surface area (Å²) in [5.41, 5.74) is 2.01. The number of nitrogens with one attached hydrogen (secondary N) is 2. The number of benzene rings is 2. The number of carbonyl (C=O) groups is 2. The van der Waals surface area contributed by atoms with E-state index in [1.807, 2.05) is 19.1 Å². The van der Waals surface area contributed by atoms with Crippen molar-refractivity contribution >= 4 is 46.6 Å². The Kier molecular flexibility index (Phi) is 15.6. The second kappa shape index (κ2) is 17.2. The SMILES string of the molecule is CC(C)(C)OC(=O)Nc1ccc(Br)c(C#N)c1.CCB(O)O.CCc1ccc(NC(=O)OC(C)(C)C)cc1C#N. The lowest BCUT2D eigenvalue weighted by Gasteiger charge is -2.19. The second-order valence-corrected chi connectivity index (χ2v) is 11.1. The molecule has 0 atom stereocenters. The number of hydrogen-bond acceptors (Lipinski definition) is 8. The molecule has 0 heterocycles. The smallest absolute Gasteiger partial charge is 0.444 e. The number of nitriles is 2. The summed E-state index contributed by atoms with van der Waals surface area (Å²) in [7, 11) is -1.12. The van der Waals surface area contributed by atoms with Crippen LogP contribution in [0.15, 0.2) is 40.9 Å². The number of carbonyl (C=O) groups excluding carboxylic acids is 2. The molecule has 0 saturated heterocycles. The van der Waals surface area contributed by atoms with Gasteiger partial charge in [0.1, 0.15) is 17.3 Å². The van der Waals surface area contributed by atoms with Gasteiger partial charge in [0.05, 0.1) is 17.2 Å². The van der Waals surface area contributed by atoms with Gasteiger partial charge in [0.2, 0.25) is 0 Å². The molecule has 40 heavy (non-hydrogen) atoms. The quantitative estimate of drug-likeness (QED) is 0.278. The van der Waals surface area contributed by atoms with E-state index in [9.17, 15) is 9.59 Å². The van der Waals surface area contributed by atoms with Crippen LogP contribution in [0.1, 0.15) is 72.1 Å². The highest BCUT2D eigenvalue weighted by Crippen LogP contribution is 2.21. The van der Waals surface area contributed by atoms with Crippen molar-refractivity contribution in [3.8, 4) is 12.1 Å². The third-order valence-electron chi connectivity index (χ3n) is 4.35. The summed E-state index contributed by atoms with van der Waals surface area (Å²) in [6, 6.07) is 14.4. The number of halogens is 1. The number of amides is 2. The highest BCUT2D eigenvalue weighted by atomic mass is 79.9. The molecule has 0 aliphatic carbocycles. The van der Waals surface area contributed by atoms with E-state index in [4.69, 9.17) is 30.0 Å². The third kappa shape index (κ3) is 16.4. The van der Waals surface area contributed by atoms with Gasteiger partial charge in [-0.15, -0.1) is 0 Å². The largest absolute Gasteiger partial charge is 0.451 e. The molecular formula is C28H38BBrN4O6. The van der Waals surface area contributed by atoms with Gasteiger partial charge in [-0.3, -0.25) is 10.6 Å². The van der Waals surface area contributed by atoms with Crippen molar-refractivity contribution in [2.24, 2.45) is 0 Å². The number of nitrogens with zero attached hydrogens (tertiary/aromatic N) is 2. The fraction of sp³-hybridized carbons (Fsp3) is 0.429. The first-order valence-electron chi connectivity index (χ1n) is 12.5. The van der Waals surface area contributed by atoms with Crippen LogP contribution in [-0.4, -0.2) is 40.6 Å². The molecule has 2 rings (SSSR count). The molecule has 0 radical (unpaired) electrons. The van der Waals surface area contributed by atoms with Gasteiger partial charge in [-0.05, 0) is 106 Å². The molecule has 2 aromatic carbocycles. The molecule has 0 unspecified atom stereocenters. The zero-order valence-corrected chi connectivity index (χ0v) is 25.8.